The Morgan fingerprint density at radius 2 is 1.92 bits per heavy atom. The molecule has 0 atom stereocenters. The molecule has 2 rings (SSSR count). The van der Waals surface area contributed by atoms with Crippen LogP contribution >= 0.6 is 23.2 Å². The van der Waals surface area contributed by atoms with Crippen LogP contribution in [0.1, 0.15) is 5.56 Å². The van der Waals surface area contributed by atoms with Crippen LogP contribution in [0.25, 0.3) is 16.5 Å². The smallest absolute Gasteiger partial charge is 0.340 e. The Morgan fingerprint density at radius 1 is 1.21 bits per heavy atom. The van der Waals surface area contributed by atoms with E-state index in [1.807, 2.05) is 6.07 Å². The molecule has 0 bridgehead atoms. The Labute approximate surface area is 147 Å². The summed E-state index contributed by atoms with van der Waals surface area (Å²) >= 11 is 12.2. The Hall–Kier alpha value is -2.66. The molecule has 0 N–H and O–H groups in total. The van der Waals surface area contributed by atoms with Gasteiger partial charge in [-0.15, -0.1) is 0 Å². The molecule has 2 aromatic carbocycles. The van der Waals surface area contributed by atoms with Crippen LogP contribution in [0, 0.1) is 0 Å². The first kappa shape index (κ1) is 17.7. The second-order valence-corrected chi connectivity index (χ2v) is 5.19. The monoisotopic (exact) mass is 363 g/mol. The summed E-state index contributed by atoms with van der Waals surface area (Å²) in [5.74, 6) is -0.0332. The van der Waals surface area contributed by atoms with Crippen molar-refractivity contribution in [3.8, 4) is 11.5 Å². The summed E-state index contributed by atoms with van der Waals surface area (Å²) in [4.78, 5) is 14.3. The third-order valence-corrected chi connectivity index (χ3v) is 3.67. The number of carbonyl (C=O) groups is 1. The van der Waals surface area contributed by atoms with E-state index < -0.39 is 5.97 Å². The molecule has 0 aliphatic carbocycles. The average Bonchev–Trinajstić information content (AvgIpc) is 2.60. The van der Waals surface area contributed by atoms with Crippen LogP contribution in [0.5, 0.6) is 11.5 Å². The van der Waals surface area contributed by atoms with Crippen molar-refractivity contribution < 1.29 is 14.3 Å². The van der Waals surface area contributed by atoms with Gasteiger partial charge in [-0.1, -0.05) is 46.5 Å². The van der Waals surface area contributed by atoms with E-state index in [-0.39, 0.29) is 21.5 Å². The Kier molecular flexibility index (Phi) is 6.09. The third-order valence-electron chi connectivity index (χ3n) is 2.88. The van der Waals surface area contributed by atoms with Gasteiger partial charge in [-0.3, -0.25) is 0 Å². The van der Waals surface area contributed by atoms with Gasteiger partial charge in [0, 0.05) is 10.5 Å². The highest BCUT2D eigenvalue weighted by Crippen LogP contribution is 2.39. The summed E-state index contributed by atoms with van der Waals surface area (Å²) in [5, 5.41) is 3.77. The van der Waals surface area contributed by atoms with Crippen molar-refractivity contribution in [1.29, 1.82) is 0 Å². The second kappa shape index (κ2) is 8.26. The number of benzene rings is 2. The molecule has 0 aliphatic heterocycles. The van der Waals surface area contributed by atoms with E-state index in [9.17, 15) is 4.79 Å². The summed E-state index contributed by atoms with van der Waals surface area (Å²) < 4.78 is 10.3. The van der Waals surface area contributed by atoms with Crippen LogP contribution in [0.2, 0.25) is 10.0 Å². The van der Waals surface area contributed by atoms with Gasteiger partial charge in [-0.25, -0.2) is 4.79 Å². The maximum Gasteiger partial charge on any atom is 0.340 e. The van der Waals surface area contributed by atoms with Gasteiger partial charge >= 0.3 is 5.97 Å². The molecule has 24 heavy (non-hydrogen) atoms. The summed E-state index contributed by atoms with van der Waals surface area (Å²) in [7, 11) is 1.18. The van der Waals surface area contributed by atoms with E-state index in [1.165, 1.54) is 13.2 Å². The summed E-state index contributed by atoms with van der Waals surface area (Å²) in [6.07, 6.45) is 1.31. The number of azide groups is 1. The number of rotatable bonds is 5. The molecule has 122 valence electrons. The quantitative estimate of drug-likeness (QED) is 0.227. The minimum atomic E-state index is -0.787. The molecule has 0 heterocycles. The van der Waals surface area contributed by atoms with Crippen LogP contribution in [0.15, 0.2) is 53.3 Å². The molecule has 2 aromatic rings. The van der Waals surface area contributed by atoms with Gasteiger partial charge in [0.2, 0.25) is 0 Å². The summed E-state index contributed by atoms with van der Waals surface area (Å²) in [5.41, 5.74) is 8.76. The maximum absolute atomic E-state index is 11.7. The second-order valence-electron chi connectivity index (χ2n) is 4.41. The van der Waals surface area contributed by atoms with Gasteiger partial charge in [0.05, 0.1) is 12.1 Å². The van der Waals surface area contributed by atoms with Crippen LogP contribution in [0.4, 0.5) is 0 Å². The highest BCUT2D eigenvalue weighted by molar-refractivity contribution is 6.43. The SMILES string of the molecule is COC(=O)/C(=C\c1ccc(Cl)c(Cl)c1Oc1ccccc1)N=[N+]=[N-]. The van der Waals surface area contributed by atoms with Gasteiger partial charge in [0.25, 0.3) is 0 Å². The third kappa shape index (κ3) is 4.20. The van der Waals surface area contributed by atoms with E-state index in [4.69, 9.17) is 33.5 Å². The zero-order valence-electron chi connectivity index (χ0n) is 12.4. The minimum absolute atomic E-state index is 0.166. The van der Waals surface area contributed by atoms with E-state index >= 15 is 0 Å². The molecule has 0 spiro atoms. The molecule has 0 aliphatic rings. The fourth-order valence-corrected chi connectivity index (χ4v) is 2.16. The predicted molar refractivity (Wildman–Crippen MR) is 92.1 cm³/mol. The average molecular weight is 364 g/mol. The first-order valence-corrected chi connectivity index (χ1v) is 7.38. The van der Waals surface area contributed by atoms with Crippen LogP contribution in [0.3, 0.4) is 0 Å². The molecule has 6 nitrogen and oxygen atoms in total. The van der Waals surface area contributed by atoms with Crippen molar-refractivity contribution >= 4 is 35.2 Å². The van der Waals surface area contributed by atoms with Gasteiger partial charge in [0.15, 0.2) is 5.75 Å². The highest BCUT2D eigenvalue weighted by Gasteiger charge is 2.15. The van der Waals surface area contributed by atoms with Crippen molar-refractivity contribution in [3.63, 3.8) is 0 Å². The van der Waals surface area contributed by atoms with Crippen molar-refractivity contribution in [1.82, 2.24) is 0 Å². The number of para-hydroxylation sites is 1. The highest BCUT2D eigenvalue weighted by atomic mass is 35.5. The first-order valence-electron chi connectivity index (χ1n) is 6.63. The minimum Gasteiger partial charge on any atom is -0.466 e. The zero-order valence-corrected chi connectivity index (χ0v) is 14.0. The number of halogens is 2. The molecule has 0 unspecified atom stereocenters. The van der Waals surface area contributed by atoms with Gasteiger partial charge in [0.1, 0.15) is 16.5 Å². The fourth-order valence-electron chi connectivity index (χ4n) is 1.80. The lowest BCUT2D eigenvalue weighted by atomic mass is 10.1. The number of carbonyl (C=O) groups excluding carboxylic acids is 1. The molecule has 0 saturated carbocycles. The number of nitrogens with zero attached hydrogens (tertiary/aromatic N) is 3. The Balaban J connectivity index is 2.55. The Bertz CT molecular complexity index is 832. The maximum atomic E-state index is 11.7. The molecular formula is C16H11Cl2N3O3. The lowest BCUT2D eigenvalue weighted by Gasteiger charge is -2.12. The van der Waals surface area contributed by atoms with Gasteiger partial charge in [-0.05, 0) is 35.9 Å². The normalized spacial score (nSPS) is 10.7. The fraction of sp³-hybridized carbons (Fsp3) is 0.0625. The predicted octanol–water partition coefficient (Wildman–Crippen LogP) is 5.61. The number of hydrogen-bond acceptors (Lipinski definition) is 4. The van der Waals surface area contributed by atoms with Crippen LogP contribution in [-0.4, -0.2) is 13.1 Å². The number of hydrogen-bond donors (Lipinski definition) is 0. The molecule has 0 radical (unpaired) electrons. The molecular weight excluding hydrogens is 353 g/mol. The van der Waals surface area contributed by atoms with Crippen LogP contribution in [-0.2, 0) is 9.53 Å². The van der Waals surface area contributed by atoms with Crippen molar-refractivity contribution in [2.45, 2.75) is 0 Å². The standard InChI is InChI=1S/C16H11Cl2N3O3/c1-23-16(22)13(20-21-19)9-10-7-8-12(17)14(18)15(10)24-11-5-3-2-4-6-11/h2-9H,1H3/b13-9+. The molecule has 0 amide bonds. The number of ether oxygens (including phenoxy) is 2. The topological polar surface area (TPSA) is 84.3 Å². The zero-order chi connectivity index (χ0) is 17.5. The van der Waals surface area contributed by atoms with Crippen molar-refractivity contribution in [3.05, 3.63) is 74.2 Å². The summed E-state index contributed by atoms with van der Waals surface area (Å²) in [6, 6.07) is 12.0. The molecule has 0 saturated heterocycles. The first-order chi connectivity index (χ1) is 11.6. The largest absolute Gasteiger partial charge is 0.466 e. The van der Waals surface area contributed by atoms with E-state index in [0.717, 1.165) is 0 Å². The van der Waals surface area contributed by atoms with Crippen molar-refractivity contribution in [2.24, 2.45) is 5.11 Å². The molecule has 0 aromatic heterocycles. The van der Waals surface area contributed by atoms with E-state index in [2.05, 4.69) is 14.8 Å². The molecule has 0 fully saturated rings. The lowest BCUT2D eigenvalue weighted by molar-refractivity contribution is -0.136. The van der Waals surface area contributed by atoms with E-state index in [1.54, 1.807) is 36.4 Å². The number of methoxy groups -OCH3 is 1. The van der Waals surface area contributed by atoms with Crippen LogP contribution < -0.4 is 4.74 Å². The van der Waals surface area contributed by atoms with Gasteiger partial charge < -0.3 is 9.47 Å². The molecule has 8 heteroatoms. The van der Waals surface area contributed by atoms with Crippen molar-refractivity contribution in [2.75, 3.05) is 7.11 Å². The number of esters is 1. The summed E-state index contributed by atoms with van der Waals surface area (Å²) in [6.45, 7) is 0. The van der Waals surface area contributed by atoms with E-state index in [0.29, 0.717) is 11.3 Å². The lowest BCUT2D eigenvalue weighted by Crippen LogP contribution is -2.02. The van der Waals surface area contributed by atoms with Gasteiger partial charge in [-0.2, -0.15) is 0 Å². The Morgan fingerprint density at radius 3 is 2.54 bits per heavy atom.